The Morgan fingerprint density at radius 3 is 2.54 bits per heavy atom. The Morgan fingerprint density at radius 1 is 0.971 bits per heavy atom. The van der Waals surface area contributed by atoms with Crippen molar-refractivity contribution in [2.75, 3.05) is 44.2 Å². The number of piperidine rings is 1. The van der Waals surface area contributed by atoms with Crippen molar-refractivity contribution >= 4 is 15.7 Å². The summed E-state index contributed by atoms with van der Waals surface area (Å²) in [7, 11) is -3.82. The lowest BCUT2D eigenvalue weighted by Gasteiger charge is -2.37. The van der Waals surface area contributed by atoms with E-state index >= 15 is 0 Å². The zero-order valence-electron chi connectivity index (χ0n) is 19.9. The number of rotatable bonds is 6. The molecule has 1 aliphatic carbocycles. The topological polar surface area (TPSA) is 78.9 Å². The van der Waals surface area contributed by atoms with Gasteiger partial charge in [-0.2, -0.15) is 4.31 Å². The van der Waals surface area contributed by atoms with Crippen LogP contribution in [-0.4, -0.2) is 79.0 Å². The van der Waals surface area contributed by atoms with Crippen molar-refractivity contribution in [3.63, 3.8) is 0 Å². The molecule has 4 fully saturated rings. The number of anilines is 1. The molecule has 3 saturated heterocycles. The third-order valence-electron chi connectivity index (χ3n) is 7.71. The van der Waals surface area contributed by atoms with Gasteiger partial charge in [0.25, 0.3) is 0 Å². The lowest BCUT2D eigenvalue weighted by Crippen LogP contribution is -2.52. The number of ether oxygens (including phenoxy) is 1. The molecule has 0 unspecified atom stereocenters. The van der Waals surface area contributed by atoms with Gasteiger partial charge in [-0.1, -0.05) is 6.07 Å². The largest absolute Gasteiger partial charge is 0.472 e. The molecule has 4 aliphatic rings. The quantitative estimate of drug-likeness (QED) is 0.602. The molecule has 6 rings (SSSR count). The van der Waals surface area contributed by atoms with Crippen LogP contribution in [0.1, 0.15) is 50.1 Å². The molecule has 0 radical (unpaired) electrons. The highest BCUT2D eigenvalue weighted by Gasteiger charge is 2.42. The second-order valence-corrected chi connectivity index (χ2v) is 12.1. The maximum absolute atomic E-state index is 14.9. The van der Waals surface area contributed by atoms with Crippen LogP contribution in [0.25, 0.3) is 0 Å². The molecule has 0 spiro atoms. The Morgan fingerprint density at radius 2 is 1.80 bits per heavy atom. The molecule has 35 heavy (non-hydrogen) atoms. The van der Waals surface area contributed by atoms with Gasteiger partial charge in [0.1, 0.15) is 16.8 Å². The summed E-state index contributed by atoms with van der Waals surface area (Å²) in [5.41, 5.74) is 1.26. The fourth-order valence-electron chi connectivity index (χ4n) is 5.69. The summed E-state index contributed by atoms with van der Waals surface area (Å²) < 4.78 is 50.0. The van der Waals surface area contributed by atoms with Crippen LogP contribution in [0.3, 0.4) is 0 Å². The number of piperazine rings is 1. The van der Waals surface area contributed by atoms with Crippen LogP contribution in [0.4, 0.5) is 10.1 Å². The van der Waals surface area contributed by atoms with Crippen LogP contribution in [-0.2, 0) is 10.0 Å². The molecule has 0 N–H and O–H groups in total. The third-order valence-corrected chi connectivity index (χ3v) is 9.61. The van der Waals surface area contributed by atoms with Crippen molar-refractivity contribution in [2.24, 2.45) is 0 Å². The van der Waals surface area contributed by atoms with Crippen molar-refractivity contribution < 1.29 is 17.5 Å². The van der Waals surface area contributed by atoms with Gasteiger partial charge in [0.2, 0.25) is 15.9 Å². The highest BCUT2D eigenvalue weighted by molar-refractivity contribution is 7.89. The Labute approximate surface area is 206 Å². The Bertz CT molecular complexity index is 1170. The number of para-hydroxylation sites is 1. The number of fused-ring (bicyclic) bond motifs is 1. The first-order chi connectivity index (χ1) is 17.0. The lowest BCUT2D eigenvalue weighted by molar-refractivity contribution is 0.151. The minimum absolute atomic E-state index is 0.0539. The van der Waals surface area contributed by atoms with Crippen LogP contribution >= 0.6 is 0 Å². The van der Waals surface area contributed by atoms with E-state index in [1.807, 2.05) is 11.1 Å². The van der Waals surface area contributed by atoms with Gasteiger partial charge in [0, 0.05) is 57.6 Å². The van der Waals surface area contributed by atoms with Crippen molar-refractivity contribution in [3.05, 3.63) is 42.1 Å². The molecule has 4 heterocycles. The molecule has 1 aromatic carbocycles. The van der Waals surface area contributed by atoms with E-state index in [0.717, 1.165) is 37.9 Å². The summed E-state index contributed by atoms with van der Waals surface area (Å²) in [4.78, 5) is 13.2. The summed E-state index contributed by atoms with van der Waals surface area (Å²) in [6, 6.07) is 4.48. The number of aromatic nitrogens is 2. The van der Waals surface area contributed by atoms with Crippen molar-refractivity contribution in [1.29, 1.82) is 0 Å². The van der Waals surface area contributed by atoms with Gasteiger partial charge in [-0.15, -0.1) is 0 Å². The average molecular weight is 502 g/mol. The smallest absolute Gasteiger partial charge is 0.245 e. The standard InChI is InChI=1S/C25H32FN5O3S/c26-21-5-4-6-23(25(21)29-9-2-1-3-10-29)35(32,33)31-12-11-30-17-20(13-19(30)16-31)34-24-15-27-22(14-28-24)18-7-8-18/h4-6,14-15,18-20H,1-3,7-13,16-17H2/t19-,20-/m0/s1. The van der Waals surface area contributed by atoms with Gasteiger partial charge < -0.3 is 9.64 Å². The van der Waals surface area contributed by atoms with Crippen LogP contribution in [0.2, 0.25) is 0 Å². The monoisotopic (exact) mass is 501 g/mol. The second-order valence-electron chi connectivity index (χ2n) is 10.2. The van der Waals surface area contributed by atoms with Crippen LogP contribution in [0.5, 0.6) is 5.88 Å². The summed E-state index contributed by atoms with van der Waals surface area (Å²) in [5.74, 6) is 0.614. The first kappa shape index (κ1) is 23.1. The minimum atomic E-state index is -3.82. The van der Waals surface area contributed by atoms with Gasteiger partial charge in [-0.3, -0.25) is 9.88 Å². The number of halogens is 1. The number of hydrogen-bond acceptors (Lipinski definition) is 7. The molecular formula is C25H32FN5O3S. The Balaban J connectivity index is 1.15. The second kappa shape index (κ2) is 9.29. The molecule has 188 valence electrons. The predicted octanol–water partition coefficient (Wildman–Crippen LogP) is 3.01. The van der Waals surface area contributed by atoms with E-state index in [1.54, 1.807) is 12.3 Å². The Kier molecular flexibility index (Phi) is 6.14. The molecule has 8 nitrogen and oxygen atoms in total. The van der Waals surface area contributed by atoms with Gasteiger partial charge >= 0.3 is 0 Å². The van der Waals surface area contributed by atoms with Crippen molar-refractivity contribution in [2.45, 2.75) is 61.5 Å². The first-order valence-electron chi connectivity index (χ1n) is 12.8. The number of hydrogen-bond donors (Lipinski definition) is 0. The van der Waals surface area contributed by atoms with Gasteiger partial charge in [0.15, 0.2) is 0 Å². The van der Waals surface area contributed by atoms with E-state index in [-0.39, 0.29) is 22.7 Å². The molecule has 1 aromatic heterocycles. The van der Waals surface area contributed by atoms with Gasteiger partial charge in [-0.25, -0.2) is 17.8 Å². The number of nitrogens with zero attached hydrogens (tertiary/aromatic N) is 5. The number of benzene rings is 1. The Hall–Kier alpha value is -2.30. The van der Waals surface area contributed by atoms with Gasteiger partial charge in [-0.05, 0) is 44.2 Å². The highest BCUT2D eigenvalue weighted by atomic mass is 32.2. The SMILES string of the molecule is O=S(=O)(c1cccc(F)c1N1CCCCC1)N1CCN2C[C@@H](Oc3cnc(C4CC4)cn3)C[C@H]2C1. The molecule has 0 bridgehead atoms. The summed E-state index contributed by atoms with van der Waals surface area (Å²) in [6.07, 6.45) is 9.53. The normalized spacial score (nSPS) is 26.0. The van der Waals surface area contributed by atoms with Crippen LogP contribution < -0.4 is 9.64 Å². The summed E-state index contributed by atoms with van der Waals surface area (Å²) >= 11 is 0. The summed E-state index contributed by atoms with van der Waals surface area (Å²) in [6.45, 7) is 3.50. The zero-order chi connectivity index (χ0) is 24.0. The van der Waals surface area contributed by atoms with Crippen molar-refractivity contribution in [1.82, 2.24) is 19.2 Å². The molecule has 1 saturated carbocycles. The molecule has 3 aliphatic heterocycles. The van der Waals surface area contributed by atoms with E-state index in [1.165, 1.54) is 29.3 Å². The average Bonchev–Trinajstić information content (AvgIpc) is 3.64. The van der Waals surface area contributed by atoms with E-state index in [4.69, 9.17) is 4.74 Å². The fraction of sp³-hybridized carbons (Fsp3) is 0.600. The maximum atomic E-state index is 14.9. The number of sulfonamides is 1. The summed E-state index contributed by atoms with van der Waals surface area (Å²) in [5, 5.41) is 0. The van der Waals surface area contributed by atoms with Crippen LogP contribution in [0.15, 0.2) is 35.5 Å². The van der Waals surface area contributed by atoms with E-state index in [0.29, 0.717) is 44.5 Å². The van der Waals surface area contributed by atoms with E-state index in [2.05, 4.69) is 14.9 Å². The van der Waals surface area contributed by atoms with Crippen LogP contribution in [0, 0.1) is 5.82 Å². The molecule has 2 atom stereocenters. The molecular weight excluding hydrogens is 469 g/mol. The van der Waals surface area contributed by atoms with Gasteiger partial charge in [0.05, 0.1) is 23.8 Å². The minimum Gasteiger partial charge on any atom is -0.472 e. The predicted molar refractivity (Wildman–Crippen MR) is 130 cm³/mol. The molecule has 2 aromatic rings. The van der Waals surface area contributed by atoms with Crippen molar-refractivity contribution in [3.8, 4) is 5.88 Å². The zero-order valence-corrected chi connectivity index (χ0v) is 20.7. The maximum Gasteiger partial charge on any atom is 0.245 e. The van der Waals surface area contributed by atoms with E-state index in [9.17, 15) is 12.8 Å². The molecule has 10 heteroatoms. The third kappa shape index (κ3) is 4.63. The molecule has 0 amide bonds. The fourth-order valence-corrected chi connectivity index (χ4v) is 7.38. The lowest BCUT2D eigenvalue weighted by atomic mass is 10.1. The van der Waals surface area contributed by atoms with E-state index < -0.39 is 15.8 Å². The highest BCUT2D eigenvalue weighted by Crippen LogP contribution is 2.39. The first-order valence-corrected chi connectivity index (χ1v) is 14.2.